The SMILES string of the molecule is CCC[C@H](O)c1cc(C)c(-c2cc3cnc(NC(=O)[C@H]4C[C@H]4F)cc3n3c(Br)cnc23)cn1. The third kappa shape index (κ3) is 4.00. The highest BCUT2D eigenvalue weighted by molar-refractivity contribution is 9.10. The van der Waals surface area contributed by atoms with Crippen molar-refractivity contribution in [3.63, 3.8) is 0 Å². The van der Waals surface area contributed by atoms with Crippen molar-refractivity contribution >= 4 is 44.2 Å². The lowest BCUT2D eigenvalue weighted by Gasteiger charge is -2.14. The molecule has 33 heavy (non-hydrogen) atoms. The summed E-state index contributed by atoms with van der Waals surface area (Å²) in [6, 6.07) is 5.68. The lowest BCUT2D eigenvalue weighted by molar-refractivity contribution is -0.117. The van der Waals surface area contributed by atoms with Crippen LogP contribution >= 0.6 is 15.9 Å². The lowest BCUT2D eigenvalue weighted by Crippen LogP contribution is -2.16. The van der Waals surface area contributed by atoms with Gasteiger partial charge < -0.3 is 10.4 Å². The number of imidazole rings is 1. The second-order valence-corrected chi connectivity index (χ2v) is 9.31. The molecule has 1 aliphatic rings. The topological polar surface area (TPSA) is 92.4 Å². The molecular weight excluding hydrogens is 489 g/mol. The van der Waals surface area contributed by atoms with Gasteiger partial charge in [0.2, 0.25) is 5.91 Å². The maximum absolute atomic E-state index is 13.2. The van der Waals surface area contributed by atoms with E-state index in [1.54, 1.807) is 24.7 Å². The number of anilines is 1. The molecule has 1 saturated carbocycles. The van der Waals surface area contributed by atoms with Gasteiger partial charge in [-0.3, -0.25) is 14.2 Å². The Balaban J connectivity index is 1.59. The van der Waals surface area contributed by atoms with E-state index in [-0.39, 0.29) is 12.3 Å². The van der Waals surface area contributed by atoms with Crippen molar-refractivity contribution in [3.05, 3.63) is 52.7 Å². The van der Waals surface area contributed by atoms with Crippen LogP contribution in [-0.2, 0) is 4.79 Å². The van der Waals surface area contributed by atoms with Crippen molar-refractivity contribution in [2.75, 3.05) is 5.32 Å². The van der Waals surface area contributed by atoms with Gasteiger partial charge in [-0.25, -0.2) is 14.4 Å². The minimum atomic E-state index is -1.06. The number of halogens is 2. The van der Waals surface area contributed by atoms with Crippen LogP contribution in [0.15, 0.2) is 41.4 Å². The Bertz CT molecular complexity index is 1390. The molecule has 3 atom stereocenters. The van der Waals surface area contributed by atoms with Gasteiger partial charge in [0.05, 0.1) is 29.4 Å². The van der Waals surface area contributed by atoms with Gasteiger partial charge in [0.25, 0.3) is 0 Å². The average molecular weight is 512 g/mol. The summed E-state index contributed by atoms with van der Waals surface area (Å²) in [6.45, 7) is 4.02. The van der Waals surface area contributed by atoms with Crippen LogP contribution in [0.2, 0.25) is 0 Å². The summed E-state index contributed by atoms with van der Waals surface area (Å²) in [5.74, 6) is -0.563. The number of hydrogen-bond donors (Lipinski definition) is 2. The minimum Gasteiger partial charge on any atom is -0.387 e. The number of alkyl halides is 1. The Morgan fingerprint density at radius 3 is 2.73 bits per heavy atom. The molecule has 4 aromatic heterocycles. The van der Waals surface area contributed by atoms with Gasteiger partial charge in [-0.1, -0.05) is 13.3 Å². The fourth-order valence-electron chi connectivity index (χ4n) is 4.11. The van der Waals surface area contributed by atoms with Gasteiger partial charge in [0.1, 0.15) is 22.2 Å². The molecule has 7 nitrogen and oxygen atoms in total. The minimum absolute atomic E-state index is 0.266. The Hall–Kier alpha value is -2.91. The summed E-state index contributed by atoms with van der Waals surface area (Å²) in [7, 11) is 0. The normalized spacial score (nSPS) is 18.6. The van der Waals surface area contributed by atoms with Gasteiger partial charge >= 0.3 is 0 Å². The Morgan fingerprint density at radius 1 is 1.24 bits per heavy atom. The van der Waals surface area contributed by atoms with E-state index < -0.39 is 18.2 Å². The molecule has 0 aliphatic heterocycles. The highest BCUT2D eigenvalue weighted by atomic mass is 79.9. The number of carbonyl (C=O) groups is 1. The van der Waals surface area contributed by atoms with Crippen LogP contribution in [0.25, 0.3) is 27.7 Å². The average Bonchev–Trinajstić information content (AvgIpc) is 3.41. The molecule has 5 rings (SSSR count). The highest BCUT2D eigenvalue weighted by Gasteiger charge is 2.43. The Morgan fingerprint density at radius 2 is 2.03 bits per heavy atom. The van der Waals surface area contributed by atoms with Gasteiger partial charge in [0.15, 0.2) is 0 Å². The summed E-state index contributed by atoms with van der Waals surface area (Å²) in [5, 5.41) is 13.9. The molecule has 170 valence electrons. The van der Waals surface area contributed by atoms with Gasteiger partial charge in [0, 0.05) is 35.0 Å². The summed E-state index contributed by atoms with van der Waals surface area (Å²) in [6.07, 6.45) is 5.34. The molecular formula is C24H23BrFN5O2. The van der Waals surface area contributed by atoms with Gasteiger partial charge in [-0.05, 0) is 53.4 Å². The van der Waals surface area contributed by atoms with E-state index in [1.165, 1.54) is 0 Å². The fourth-order valence-corrected chi connectivity index (χ4v) is 4.58. The number of pyridine rings is 3. The van der Waals surface area contributed by atoms with Gasteiger partial charge in [-0.2, -0.15) is 0 Å². The monoisotopic (exact) mass is 511 g/mol. The number of carbonyl (C=O) groups excluding carboxylic acids is 1. The first-order valence-corrected chi connectivity index (χ1v) is 11.7. The van der Waals surface area contributed by atoms with Crippen LogP contribution in [0.4, 0.5) is 10.2 Å². The molecule has 9 heteroatoms. The zero-order chi connectivity index (χ0) is 23.3. The zero-order valence-corrected chi connectivity index (χ0v) is 19.8. The number of aliphatic hydroxyl groups is 1. The van der Waals surface area contributed by atoms with Crippen molar-refractivity contribution < 1.29 is 14.3 Å². The smallest absolute Gasteiger partial charge is 0.231 e. The van der Waals surface area contributed by atoms with Crippen LogP contribution in [0.5, 0.6) is 0 Å². The second kappa shape index (κ2) is 8.46. The number of amides is 1. The maximum Gasteiger partial charge on any atom is 0.231 e. The molecule has 2 N–H and O–H groups in total. The predicted molar refractivity (Wildman–Crippen MR) is 128 cm³/mol. The van der Waals surface area contributed by atoms with E-state index in [2.05, 4.69) is 36.2 Å². The Labute approximate surface area is 198 Å². The van der Waals surface area contributed by atoms with Crippen LogP contribution in [0, 0.1) is 12.8 Å². The van der Waals surface area contributed by atoms with E-state index in [0.717, 1.165) is 44.3 Å². The number of hydrogen-bond acceptors (Lipinski definition) is 5. The quantitative estimate of drug-likeness (QED) is 0.373. The zero-order valence-electron chi connectivity index (χ0n) is 18.2. The maximum atomic E-state index is 13.2. The van der Waals surface area contributed by atoms with Crippen LogP contribution in [0.3, 0.4) is 0 Å². The summed E-state index contributed by atoms with van der Waals surface area (Å²) < 4.78 is 15.9. The van der Waals surface area contributed by atoms with Crippen LogP contribution in [0.1, 0.15) is 43.5 Å². The molecule has 0 bridgehead atoms. The highest BCUT2D eigenvalue weighted by Crippen LogP contribution is 2.36. The molecule has 0 saturated heterocycles. The van der Waals surface area contributed by atoms with E-state index in [4.69, 9.17) is 0 Å². The molecule has 4 aromatic rings. The first-order valence-electron chi connectivity index (χ1n) is 10.9. The predicted octanol–water partition coefficient (Wildman–Crippen LogP) is 5.15. The molecule has 0 unspecified atom stereocenters. The fraction of sp³-hybridized carbons (Fsp3) is 0.333. The summed E-state index contributed by atoms with van der Waals surface area (Å²) in [5.41, 5.74) is 4.96. The number of nitrogens with one attached hydrogen (secondary N) is 1. The standard InChI is InChI=1S/C24H23BrFN5O2/c1-3-4-20(32)18-5-12(2)16(10-27-18)14-6-13-9-28-22(30-24(33)15-7-17(15)26)8-19(13)31-21(25)11-29-23(14)31/h5-6,8-11,15,17,20,32H,3-4,7H2,1-2H3,(H,28,30,33)/t15-,17+,20-/m0/s1. The van der Waals surface area contributed by atoms with Crippen molar-refractivity contribution in [2.24, 2.45) is 5.92 Å². The van der Waals surface area contributed by atoms with Crippen LogP contribution < -0.4 is 5.32 Å². The lowest BCUT2D eigenvalue weighted by atomic mass is 10.00. The van der Waals surface area contributed by atoms with Gasteiger partial charge in [-0.15, -0.1) is 0 Å². The Kier molecular flexibility index (Phi) is 5.62. The van der Waals surface area contributed by atoms with Crippen LogP contribution in [-0.4, -0.2) is 36.5 Å². The van der Waals surface area contributed by atoms with Crippen molar-refractivity contribution in [1.82, 2.24) is 19.4 Å². The summed E-state index contributed by atoms with van der Waals surface area (Å²) in [4.78, 5) is 25.6. The molecule has 0 aromatic carbocycles. The number of fused-ring (bicyclic) bond motifs is 3. The number of aliphatic hydroxyl groups excluding tert-OH is 1. The van der Waals surface area contributed by atoms with E-state index in [0.29, 0.717) is 17.9 Å². The number of aryl methyl sites for hydroxylation is 1. The summed E-state index contributed by atoms with van der Waals surface area (Å²) >= 11 is 3.57. The number of nitrogens with zero attached hydrogens (tertiary/aromatic N) is 4. The third-order valence-electron chi connectivity index (χ3n) is 6.04. The molecule has 1 amide bonds. The molecule has 0 radical (unpaired) electrons. The van der Waals surface area contributed by atoms with Crippen molar-refractivity contribution in [3.8, 4) is 11.1 Å². The first kappa shape index (κ1) is 21.9. The number of rotatable bonds is 6. The molecule has 1 fully saturated rings. The molecule has 1 aliphatic carbocycles. The number of aromatic nitrogens is 4. The molecule has 4 heterocycles. The second-order valence-electron chi connectivity index (χ2n) is 8.50. The first-order chi connectivity index (χ1) is 15.9. The van der Waals surface area contributed by atoms with Crippen molar-refractivity contribution in [1.29, 1.82) is 0 Å². The third-order valence-corrected chi connectivity index (χ3v) is 6.60. The van der Waals surface area contributed by atoms with Crippen molar-refractivity contribution in [2.45, 2.75) is 45.4 Å². The largest absolute Gasteiger partial charge is 0.387 e. The van der Waals surface area contributed by atoms with E-state index >= 15 is 0 Å². The van der Waals surface area contributed by atoms with E-state index in [1.807, 2.05) is 30.4 Å². The van der Waals surface area contributed by atoms with E-state index in [9.17, 15) is 14.3 Å². The molecule has 0 spiro atoms.